The molecule has 0 aromatic rings. The van der Waals surface area contributed by atoms with Crippen molar-refractivity contribution in [1.29, 1.82) is 0 Å². The van der Waals surface area contributed by atoms with Gasteiger partial charge in [-0.1, -0.05) is 0 Å². The molecule has 0 heterocycles. The van der Waals surface area contributed by atoms with Crippen LogP contribution in [-0.2, 0) is 9.59 Å². The molecule has 0 aliphatic heterocycles. The summed E-state index contributed by atoms with van der Waals surface area (Å²) in [6.45, 7) is -0.0488. The van der Waals surface area contributed by atoms with Crippen LogP contribution in [0.25, 0.3) is 0 Å². The Morgan fingerprint density at radius 2 is 2.08 bits per heavy atom. The Hall–Kier alpha value is -1.14. The quantitative estimate of drug-likeness (QED) is 0.370. The van der Waals surface area contributed by atoms with Crippen molar-refractivity contribution in [3.05, 3.63) is 0 Å². The molecule has 0 radical (unpaired) electrons. The number of carboxylic acids is 1. The van der Waals surface area contributed by atoms with Gasteiger partial charge in [-0.3, -0.25) is 9.59 Å². The minimum atomic E-state index is -1.15. The van der Waals surface area contributed by atoms with Crippen LogP contribution in [0.1, 0.15) is 6.42 Å². The van der Waals surface area contributed by atoms with Crippen LogP contribution in [0.4, 0.5) is 0 Å². The first-order chi connectivity index (χ1) is 5.57. The van der Waals surface area contributed by atoms with E-state index in [2.05, 4.69) is 5.32 Å². The second-order valence-corrected chi connectivity index (χ2v) is 2.24. The van der Waals surface area contributed by atoms with Gasteiger partial charge < -0.3 is 21.3 Å². The number of aliphatic hydroxyl groups excluding tert-OH is 1. The fraction of sp³-hybridized carbons (Fsp3) is 0.667. The summed E-state index contributed by atoms with van der Waals surface area (Å²) in [6.07, 6.45) is -0.269. The predicted octanol–water partition coefficient (Wildman–Crippen LogP) is -2.10. The summed E-state index contributed by atoms with van der Waals surface area (Å²) in [7, 11) is 0. The van der Waals surface area contributed by atoms with E-state index in [4.69, 9.17) is 15.9 Å². The second-order valence-electron chi connectivity index (χ2n) is 2.24. The number of carbonyl (C=O) groups is 2. The molecule has 6 nitrogen and oxygen atoms in total. The zero-order valence-corrected chi connectivity index (χ0v) is 6.49. The number of aliphatic carboxylic acids is 1. The van der Waals surface area contributed by atoms with E-state index in [-0.39, 0.29) is 19.6 Å². The van der Waals surface area contributed by atoms with Crippen molar-refractivity contribution < 1.29 is 19.8 Å². The fourth-order valence-corrected chi connectivity index (χ4v) is 0.687. The molecule has 0 aliphatic rings. The van der Waals surface area contributed by atoms with Crippen LogP contribution in [-0.4, -0.2) is 41.3 Å². The van der Waals surface area contributed by atoms with Gasteiger partial charge in [0, 0.05) is 6.54 Å². The number of rotatable bonds is 6. The molecule has 1 atom stereocenters. The van der Waals surface area contributed by atoms with Gasteiger partial charge in [-0.15, -0.1) is 0 Å². The molecule has 0 aromatic heterocycles. The summed E-state index contributed by atoms with van der Waals surface area (Å²) in [6, 6.07) is -1.00. The minimum Gasteiger partial charge on any atom is -0.480 e. The van der Waals surface area contributed by atoms with Crippen LogP contribution < -0.4 is 11.1 Å². The Labute approximate surface area is 69.4 Å². The monoisotopic (exact) mass is 176 g/mol. The zero-order chi connectivity index (χ0) is 9.56. The van der Waals surface area contributed by atoms with Gasteiger partial charge in [0.2, 0.25) is 5.91 Å². The number of nitrogens with one attached hydrogen (secondary N) is 1. The Bertz CT molecular complexity index is 171. The largest absolute Gasteiger partial charge is 0.480 e. The van der Waals surface area contributed by atoms with Gasteiger partial charge in [0.25, 0.3) is 0 Å². The van der Waals surface area contributed by atoms with E-state index < -0.39 is 17.9 Å². The molecule has 1 amide bonds. The Morgan fingerprint density at radius 1 is 1.50 bits per heavy atom. The van der Waals surface area contributed by atoms with Gasteiger partial charge in [0.15, 0.2) is 0 Å². The van der Waals surface area contributed by atoms with Crippen molar-refractivity contribution >= 4 is 11.9 Å². The first-order valence-corrected chi connectivity index (χ1v) is 3.43. The maximum Gasteiger partial charge on any atom is 0.321 e. The highest BCUT2D eigenvalue weighted by molar-refractivity contribution is 5.83. The Morgan fingerprint density at radius 3 is 2.42 bits per heavy atom. The molecule has 0 aliphatic carbocycles. The van der Waals surface area contributed by atoms with Crippen molar-refractivity contribution in [3.8, 4) is 0 Å². The van der Waals surface area contributed by atoms with E-state index in [0.717, 1.165) is 0 Å². The molecule has 0 saturated heterocycles. The van der Waals surface area contributed by atoms with Crippen LogP contribution in [0.5, 0.6) is 0 Å². The van der Waals surface area contributed by atoms with Crippen LogP contribution >= 0.6 is 0 Å². The lowest BCUT2D eigenvalue weighted by molar-refractivity contribution is -0.141. The number of primary amides is 1. The summed E-state index contributed by atoms with van der Waals surface area (Å²) < 4.78 is 0. The first-order valence-electron chi connectivity index (χ1n) is 3.43. The number of hydrogen-bond donors (Lipinski definition) is 4. The van der Waals surface area contributed by atoms with Crippen molar-refractivity contribution in [2.75, 3.05) is 13.2 Å². The molecule has 0 fully saturated rings. The highest BCUT2D eigenvalue weighted by Gasteiger charge is 2.18. The third kappa shape index (κ3) is 4.64. The second kappa shape index (κ2) is 5.50. The van der Waals surface area contributed by atoms with Crippen molar-refractivity contribution in [2.45, 2.75) is 12.5 Å². The highest BCUT2D eigenvalue weighted by atomic mass is 16.4. The number of amides is 1. The minimum absolute atomic E-state index is 0.129. The number of carboxylic acid groups (broad SMARTS) is 1. The lowest BCUT2D eigenvalue weighted by Gasteiger charge is -2.10. The lowest BCUT2D eigenvalue weighted by atomic mass is 10.2. The molecule has 0 saturated carbocycles. The summed E-state index contributed by atoms with van der Waals surface area (Å²) in [5.41, 5.74) is 4.80. The van der Waals surface area contributed by atoms with E-state index in [1.165, 1.54) is 0 Å². The number of hydrogen-bond acceptors (Lipinski definition) is 4. The number of nitrogens with two attached hydrogens (primary N) is 1. The molecule has 0 bridgehead atoms. The standard InChI is InChI=1S/C6H12N2O4/c7-5(10)3-4(6(11)12)8-1-2-9/h4,8-9H,1-3H2,(H2,7,10)(H,11,12)/t4-/m1/s1. The number of carbonyl (C=O) groups excluding carboxylic acids is 1. The zero-order valence-electron chi connectivity index (χ0n) is 6.49. The van der Waals surface area contributed by atoms with Gasteiger partial charge in [-0.05, 0) is 0 Å². The van der Waals surface area contributed by atoms with Crippen LogP contribution in [0.15, 0.2) is 0 Å². The SMILES string of the molecule is NC(=O)C[C@@H](NCCO)C(=O)O. The predicted molar refractivity (Wildman–Crippen MR) is 40.3 cm³/mol. The molecule has 12 heavy (non-hydrogen) atoms. The first kappa shape index (κ1) is 10.9. The van der Waals surface area contributed by atoms with Crippen molar-refractivity contribution in [2.24, 2.45) is 5.73 Å². The molecule has 70 valence electrons. The molecular formula is C6H12N2O4. The van der Waals surface area contributed by atoms with Crippen molar-refractivity contribution in [3.63, 3.8) is 0 Å². The molecule has 0 unspecified atom stereocenters. The van der Waals surface area contributed by atoms with E-state index in [1.54, 1.807) is 0 Å². The van der Waals surface area contributed by atoms with Gasteiger partial charge in [0.05, 0.1) is 13.0 Å². The third-order valence-electron chi connectivity index (χ3n) is 1.21. The summed E-state index contributed by atoms with van der Waals surface area (Å²) in [5.74, 6) is -1.84. The van der Waals surface area contributed by atoms with Gasteiger partial charge in [-0.25, -0.2) is 0 Å². The molecule has 0 rings (SSSR count). The van der Waals surface area contributed by atoms with Crippen LogP contribution in [0.3, 0.4) is 0 Å². The lowest BCUT2D eigenvalue weighted by Crippen LogP contribution is -2.41. The Balaban J connectivity index is 3.87. The topological polar surface area (TPSA) is 113 Å². The van der Waals surface area contributed by atoms with Crippen molar-refractivity contribution in [1.82, 2.24) is 5.32 Å². The van der Waals surface area contributed by atoms with E-state index in [9.17, 15) is 9.59 Å². The van der Waals surface area contributed by atoms with E-state index >= 15 is 0 Å². The average Bonchev–Trinajstić information content (AvgIpc) is 1.96. The van der Waals surface area contributed by atoms with Gasteiger partial charge in [-0.2, -0.15) is 0 Å². The smallest absolute Gasteiger partial charge is 0.321 e. The summed E-state index contributed by atoms with van der Waals surface area (Å²) in [5, 5.41) is 19.3. The highest BCUT2D eigenvalue weighted by Crippen LogP contribution is 1.90. The number of aliphatic hydroxyl groups is 1. The molecule has 0 spiro atoms. The maximum atomic E-state index is 10.4. The normalized spacial score (nSPS) is 12.4. The van der Waals surface area contributed by atoms with Gasteiger partial charge in [0.1, 0.15) is 6.04 Å². The average molecular weight is 176 g/mol. The van der Waals surface area contributed by atoms with E-state index in [0.29, 0.717) is 0 Å². The fourth-order valence-electron chi connectivity index (χ4n) is 0.687. The molecule has 6 heteroatoms. The molecule has 0 aromatic carbocycles. The van der Waals surface area contributed by atoms with Crippen LogP contribution in [0.2, 0.25) is 0 Å². The molecular weight excluding hydrogens is 164 g/mol. The van der Waals surface area contributed by atoms with Crippen LogP contribution in [0, 0.1) is 0 Å². The summed E-state index contributed by atoms with van der Waals surface area (Å²) in [4.78, 5) is 20.7. The molecule has 5 N–H and O–H groups in total. The maximum absolute atomic E-state index is 10.4. The summed E-state index contributed by atoms with van der Waals surface area (Å²) >= 11 is 0. The van der Waals surface area contributed by atoms with E-state index in [1.807, 2.05) is 0 Å². The third-order valence-corrected chi connectivity index (χ3v) is 1.21. The Kier molecular flexibility index (Phi) is 4.98. The van der Waals surface area contributed by atoms with Gasteiger partial charge >= 0.3 is 5.97 Å².